The van der Waals surface area contributed by atoms with Crippen LogP contribution in [0.4, 0.5) is 13.2 Å². The Morgan fingerprint density at radius 1 is 1.36 bits per heavy atom. The van der Waals surface area contributed by atoms with E-state index >= 15 is 0 Å². The van der Waals surface area contributed by atoms with Gasteiger partial charge in [-0.15, -0.1) is 13.2 Å². The molecule has 80 valence electrons. The highest BCUT2D eigenvalue weighted by atomic mass is 32.2. The van der Waals surface area contributed by atoms with Gasteiger partial charge in [0.2, 0.25) is 0 Å². The number of ether oxygens (including phenoxy) is 1. The zero-order valence-corrected chi connectivity index (χ0v) is 7.69. The lowest BCUT2D eigenvalue weighted by Crippen LogP contribution is -2.16. The molecule has 1 aliphatic rings. The third kappa shape index (κ3) is 3.15. The second kappa shape index (κ2) is 4.14. The molecule has 1 N–H and O–H groups in total. The van der Waals surface area contributed by atoms with E-state index in [1.807, 2.05) is 0 Å². The quantitative estimate of drug-likeness (QED) is 0.737. The van der Waals surface area contributed by atoms with Crippen LogP contribution in [-0.2, 0) is 15.8 Å². The van der Waals surface area contributed by atoms with E-state index < -0.39 is 23.2 Å². The summed E-state index contributed by atoms with van der Waals surface area (Å²) in [4.78, 5) is -0.325. The van der Waals surface area contributed by atoms with Gasteiger partial charge in [-0.3, -0.25) is 0 Å². The highest BCUT2D eigenvalue weighted by molar-refractivity contribution is 7.83. The Kier molecular flexibility index (Phi) is 3.33. The highest BCUT2D eigenvalue weighted by Crippen LogP contribution is 2.29. The van der Waals surface area contributed by atoms with Crippen molar-refractivity contribution in [3.8, 4) is 0 Å². The Hall–Kier alpha value is -0.820. The summed E-state index contributed by atoms with van der Waals surface area (Å²) in [6.45, 7) is 0. The molecular weight excluding hydrogens is 221 g/mol. The van der Waals surface area contributed by atoms with Crippen molar-refractivity contribution in [3.05, 3.63) is 22.8 Å². The lowest BCUT2D eigenvalue weighted by atomic mass is 10.2. The van der Waals surface area contributed by atoms with Gasteiger partial charge < -0.3 is 9.29 Å². The van der Waals surface area contributed by atoms with Crippen molar-refractivity contribution in [2.24, 2.45) is 0 Å². The summed E-state index contributed by atoms with van der Waals surface area (Å²) in [6.07, 6.45) is -1.62. The van der Waals surface area contributed by atoms with Gasteiger partial charge in [0.05, 0.1) is 0 Å². The Balaban J connectivity index is 2.81. The lowest BCUT2D eigenvalue weighted by molar-refractivity contribution is -0.303. The number of hydrogen-bond acceptors (Lipinski definition) is 2. The van der Waals surface area contributed by atoms with Gasteiger partial charge in [-0.2, -0.15) is 0 Å². The second-order valence-corrected chi connectivity index (χ2v) is 3.45. The van der Waals surface area contributed by atoms with Crippen LogP contribution >= 0.6 is 0 Å². The zero-order valence-electron chi connectivity index (χ0n) is 6.87. The molecule has 0 radical (unpaired) electrons. The molecule has 0 amide bonds. The summed E-state index contributed by atoms with van der Waals surface area (Å²) in [5.74, 6) is -0.579. The number of allylic oxidation sites excluding steroid dienone is 2. The molecule has 0 spiro atoms. The van der Waals surface area contributed by atoms with Crippen LogP contribution in [0.15, 0.2) is 22.8 Å². The van der Waals surface area contributed by atoms with E-state index in [0.717, 1.165) is 6.08 Å². The largest absolute Gasteiger partial charge is 0.573 e. The van der Waals surface area contributed by atoms with Crippen LogP contribution in [0.25, 0.3) is 0 Å². The third-order valence-electron chi connectivity index (χ3n) is 1.48. The van der Waals surface area contributed by atoms with E-state index in [1.165, 1.54) is 6.08 Å². The Morgan fingerprint density at radius 2 is 1.93 bits per heavy atom. The molecule has 1 aliphatic carbocycles. The van der Waals surface area contributed by atoms with Gasteiger partial charge in [-0.25, -0.2) is 4.21 Å². The van der Waals surface area contributed by atoms with Crippen molar-refractivity contribution >= 4 is 11.1 Å². The van der Waals surface area contributed by atoms with Crippen molar-refractivity contribution in [2.75, 3.05) is 0 Å². The molecule has 0 aliphatic heterocycles. The summed E-state index contributed by atoms with van der Waals surface area (Å²) < 4.78 is 58.3. The number of rotatable bonds is 2. The van der Waals surface area contributed by atoms with Crippen molar-refractivity contribution < 1.29 is 26.7 Å². The van der Waals surface area contributed by atoms with Crippen molar-refractivity contribution in [2.45, 2.75) is 19.2 Å². The van der Waals surface area contributed by atoms with Gasteiger partial charge in [0.15, 0.2) is 11.1 Å². The number of hydrogen-bond donors (Lipinski definition) is 1. The maximum Gasteiger partial charge on any atom is 0.573 e. The lowest BCUT2D eigenvalue weighted by Gasteiger charge is -2.15. The molecule has 0 fully saturated rings. The van der Waals surface area contributed by atoms with E-state index in [2.05, 4.69) is 4.74 Å². The topological polar surface area (TPSA) is 46.5 Å². The maximum absolute atomic E-state index is 11.8. The standard InChI is InChI=1S/C7H7F3O3S/c8-7(9,10)13-5-3-1-2-4-6(5)14(11)12/h3-4H,1-2H2,(H,11,12). The van der Waals surface area contributed by atoms with Crippen LogP contribution in [0, 0.1) is 0 Å². The van der Waals surface area contributed by atoms with Crippen LogP contribution in [0.3, 0.4) is 0 Å². The minimum Gasteiger partial charge on any atom is -0.405 e. The molecule has 14 heavy (non-hydrogen) atoms. The monoisotopic (exact) mass is 228 g/mol. The summed E-state index contributed by atoms with van der Waals surface area (Å²) in [5, 5.41) is 0. The molecule has 1 unspecified atom stereocenters. The van der Waals surface area contributed by atoms with E-state index in [9.17, 15) is 17.4 Å². The zero-order chi connectivity index (χ0) is 10.8. The van der Waals surface area contributed by atoms with Crippen LogP contribution < -0.4 is 0 Å². The van der Waals surface area contributed by atoms with E-state index in [1.54, 1.807) is 0 Å². The fraction of sp³-hybridized carbons (Fsp3) is 0.429. The molecule has 0 aromatic heterocycles. The van der Waals surface area contributed by atoms with Gasteiger partial charge in [0, 0.05) is 0 Å². The molecular formula is C7H7F3O3S. The minimum absolute atomic E-state index is 0.325. The first-order chi connectivity index (χ1) is 6.40. The van der Waals surface area contributed by atoms with E-state index in [-0.39, 0.29) is 4.91 Å². The average Bonchev–Trinajstić information content (AvgIpc) is 2.01. The summed E-state index contributed by atoms with van der Waals surface area (Å²) in [5.41, 5.74) is 0. The second-order valence-electron chi connectivity index (χ2n) is 2.51. The molecule has 0 saturated carbocycles. The summed E-state index contributed by atoms with van der Waals surface area (Å²) >= 11 is -2.45. The Morgan fingerprint density at radius 3 is 2.43 bits per heavy atom. The van der Waals surface area contributed by atoms with Crippen molar-refractivity contribution in [1.82, 2.24) is 0 Å². The van der Waals surface area contributed by atoms with Crippen LogP contribution in [0.2, 0.25) is 0 Å². The van der Waals surface area contributed by atoms with Gasteiger partial charge in [-0.1, -0.05) is 6.08 Å². The molecule has 0 heterocycles. The fourth-order valence-corrected chi connectivity index (χ4v) is 1.56. The van der Waals surface area contributed by atoms with E-state index in [0.29, 0.717) is 12.8 Å². The minimum atomic E-state index is -4.83. The molecule has 0 saturated heterocycles. The summed E-state index contributed by atoms with van der Waals surface area (Å²) in [7, 11) is 0. The first-order valence-electron chi connectivity index (χ1n) is 3.67. The van der Waals surface area contributed by atoms with Crippen LogP contribution in [0.5, 0.6) is 0 Å². The Bertz CT molecular complexity index is 306. The maximum atomic E-state index is 11.8. The number of halogens is 3. The molecule has 7 heteroatoms. The van der Waals surface area contributed by atoms with Crippen LogP contribution in [-0.4, -0.2) is 15.1 Å². The molecule has 0 aromatic rings. The van der Waals surface area contributed by atoms with Gasteiger partial charge in [0.25, 0.3) is 0 Å². The van der Waals surface area contributed by atoms with Gasteiger partial charge in [0.1, 0.15) is 10.7 Å². The highest BCUT2D eigenvalue weighted by Gasteiger charge is 2.34. The predicted octanol–water partition coefficient (Wildman–Crippen LogP) is 2.31. The van der Waals surface area contributed by atoms with Gasteiger partial charge in [-0.05, 0) is 18.9 Å². The van der Waals surface area contributed by atoms with Crippen LogP contribution in [0.1, 0.15) is 12.8 Å². The predicted molar refractivity (Wildman–Crippen MR) is 43.3 cm³/mol. The summed E-state index contributed by atoms with van der Waals surface area (Å²) in [6, 6.07) is 0. The third-order valence-corrected chi connectivity index (χ3v) is 2.23. The fourth-order valence-electron chi connectivity index (χ4n) is 1.00. The van der Waals surface area contributed by atoms with Crippen molar-refractivity contribution in [1.29, 1.82) is 0 Å². The molecule has 0 bridgehead atoms. The van der Waals surface area contributed by atoms with Crippen molar-refractivity contribution in [3.63, 3.8) is 0 Å². The smallest absolute Gasteiger partial charge is 0.405 e. The molecule has 1 rings (SSSR count). The van der Waals surface area contributed by atoms with E-state index in [4.69, 9.17) is 4.55 Å². The SMILES string of the molecule is O=S(O)C1=CCCC=C1OC(F)(F)F. The molecule has 0 aromatic carbocycles. The Labute approximate surface area is 80.5 Å². The normalized spacial score (nSPS) is 19.7. The number of alkyl halides is 3. The molecule has 3 nitrogen and oxygen atoms in total. The first kappa shape index (κ1) is 11.3. The first-order valence-corrected chi connectivity index (χ1v) is 4.78. The average molecular weight is 228 g/mol. The van der Waals surface area contributed by atoms with Gasteiger partial charge >= 0.3 is 6.36 Å². The molecule has 1 atom stereocenters.